The molecule has 0 aliphatic rings. The van der Waals surface area contributed by atoms with Crippen LogP contribution < -0.4 is 9.47 Å². The average Bonchev–Trinajstić information content (AvgIpc) is 2.69. The van der Waals surface area contributed by atoms with Crippen molar-refractivity contribution in [3.05, 3.63) is 95.6 Å². The molecule has 3 aromatic rings. The molecule has 0 amide bonds. The molecule has 0 radical (unpaired) electrons. The second-order valence-electron chi connectivity index (χ2n) is 5.82. The molecular formula is C23H22O2. The van der Waals surface area contributed by atoms with Crippen molar-refractivity contribution in [3.8, 4) is 11.5 Å². The zero-order valence-corrected chi connectivity index (χ0v) is 14.8. The normalized spacial score (nSPS) is 11.6. The van der Waals surface area contributed by atoms with E-state index in [0.29, 0.717) is 0 Å². The topological polar surface area (TPSA) is 18.5 Å². The van der Waals surface area contributed by atoms with Crippen molar-refractivity contribution in [1.82, 2.24) is 0 Å². The molecule has 3 aromatic carbocycles. The maximum Gasteiger partial charge on any atom is 0.118 e. The third kappa shape index (κ3) is 3.74. The van der Waals surface area contributed by atoms with E-state index in [4.69, 9.17) is 9.47 Å². The predicted octanol–water partition coefficient (Wildman–Crippen LogP) is 5.68. The molecule has 126 valence electrons. The van der Waals surface area contributed by atoms with Crippen LogP contribution >= 0.6 is 0 Å². The number of ether oxygens (including phenoxy) is 2. The summed E-state index contributed by atoms with van der Waals surface area (Å²) < 4.78 is 10.6. The van der Waals surface area contributed by atoms with Crippen molar-refractivity contribution in [2.45, 2.75) is 6.92 Å². The standard InChI is InChI=1S/C23H22O2/c1-17(18-9-13-21(24-2)14-10-18)23(19-7-5-4-6-8-19)20-11-15-22(25-3)16-12-20/h4-16H,1-3H3/b23-17+. The van der Waals surface area contributed by atoms with Crippen LogP contribution in [-0.2, 0) is 0 Å². The Balaban J connectivity index is 2.14. The van der Waals surface area contributed by atoms with E-state index >= 15 is 0 Å². The summed E-state index contributed by atoms with van der Waals surface area (Å²) in [7, 11) is 3.37. The Hall–Kier alpha value is -3.00. The van der Waals surface area contributed by atoms with E-state index in [1.165, 1.54) is 27.8 Å². The highest BCUT2D eigenvalue weighted by Gasteiger charge is 2.11. The van der Waals surface area contributed by atoms with Crippen molar-refractivity contribution in [3.63, 3.8) is 0 Å². The monoisotopic (exact) mass is 330 g/mol. The number of rotatable bonds is 5. The fraction of sp³-hybridized carbons (Fsp3) is 0.130. The van der Waals surface area contributed by atoms with E-state index < -0.39 is 0 Å². The van der Waals surface area contributed by atoms with Crippen molar-refractivity contribution in [1.29, 1.82) is 0 Å². The quantitative estimate of drug-likeness (QED) is 0.560. The van der Waals surface area contributed by atoms with Gasteiger partial charge in [-0.1, -0.05) is 54.6 Å². The van der Waals surface area contributed by atoms with Gasteiger partial charge in [0.15, 0.2) is 0 Å². The number of benzene rings is 3. The van der Waals surface area contributed by atoms with Gasteiger partial charge in [-0.25, -0.2) is 0 Å². The van der Waals surface area contributed by atoms with Crippen LogP contribution in [0, 0.1) is 0 Å². The van der Waals surface area contributed by atoms with Crippen molar-refractivity contribution >= 4 is 11.1 Å². The summed E-state index contributed by atoms with van der Waals surface area (Å²) in [6.45, 7) is 2.16. The maximum atomic E-state index is 5.30. The van der Waals surface area contributed by atoms with Gasteiger partial charge in [0.25, 0.3) is 0 Å². The molecule has 0 heterocycles. The summed E-state index contributed by atoms with van der Waals surface area (Å²) in [5, 5.41) is 0. The number of hydrogen-bond donors (Lipinski definition) is 0. The molecule has 0 aliphatic heterocycles. The summed E-state index contributed by atoms with van der Waals surface area (Å²) in [5.41, 5.74) is 5.98. The van der Waals surface area contributed by atoms with Crippen molar-refractivity contribution in [2.24, 2.45) is 0 Å². The van der Waals surface area contributed by atoms with Crippen LogP contribution in [0.4, 0.5) is 0 Å². The summed E-state index contributed by atoms with van der Waals surface area (Å²) in [4.78, 5) is 0. The highest BCUT2D eigenvalue weighted by atomic mass is 16.5. The van der Waals surface area contributed by atoms with Gasteiger partial charge < -0.3 is 9.47 Å². The fourth-order valence-electron chi connectivity index (χ4n) is 2.95. The van der Waals surface area contributed by atoms with Gasteiger partial charge >= 0.3 is 0 Å². The predicted molar refractivity (Wildman–Crippen MR) is 104 cm³/mol. The smallest absolute Gasteiger partial charge is 0.118 e. The summed E-state index contributed by atoms with van der Waals surface area (Å²) in [5.74, 6) is 1.72. The molecule has 0 aromatic heterocycles. The molecule has 3 rings (SSSR count). The lowest BCUT2D eigenvalue weighted by Gasteiger charge is -2.15. The van der Waals surface area contributed by atoms with Gasteiger partial charge in [-0.2, -0.15) is 0 Å². The van der Waals surface area contributed by atoms with Gasteiger partial charge in [0, 0.05) is 0 Å². The van der Waals surface area contributed by atoms with E-state index in [1.54, 1.807) is 14.2 Å². The molecule has 0 atom stereocenters. The molecular weight excluding hydrogens is 308 g/mol. The third-order valence-electron chi connectivity index (χ3n) is 4.34. The van der Waals surface area contributed by atoms with Gasteiger partial charge in [-0.3, -0.25) is 0 Å². The highest BCUT2D eigenvalue weighted by Crippen LogP contribution is 2.33. The first kappa shape index (κ1) is 16.8. The zero-order valence-electron chi connectivity index (χ0n) is 14.8. The minimum atomic E-state index is 0.860. The Morgan fingerprint density at radius 1 is 0.560 bits per heavy atom. The van der Waals surface area contributed by atoms with Crippen LogP contribution in [0.15, 0.2) is 78.9 Å². The minimum Gasteiger partial charge on any atom is -0.497 e. The van der Waals surface area contributed by atoms with Gasteiger partial charge in [-0.05, 0) is 59.0 Å². The molecule has 0 saturated carbocycles. The summed E-state index contributed by atoms with van der Waals surface area (Å²) in [6.07, 6.45) is 0. The van der Waals surface area contributed by atoms with Crippen LogP contribution in [0.1, 0.15) is 23.6 Å². The van der Waals surface area contributed by atoms with Gasteiger partial charge in [0.2, 0.25) is 0 Å². The molecule has 0 N–H and O–H groups in total. The fourth-order valence-corrected chi connectivity index (χ4v) is 2.95. The highest BCUT2D eigenvalue weighted by molar-refractivity contribution is 5.97. The Bertz CT molecular complexity index is 845. The summed E-state index contributed by atoms with van der Waals surface area (Å²) >= 11 is 0. The molecule has 0 saturated heterocycles. The van der Waals surface area contributed by atoms with E-state index in [-0.39, 0.29) is 0 Å². The molecule has 25 heavy (non-hydrogen) atoms. The van der Waals surface area contributed by atoms with Gasteiger partial charge in [-0.15, -0.1) is 0 Å². The SMILES string of the molecule is COc1ccc(/C(C)=C(\c2ccccc2)c2ccc(OC)cc2)cc1. The van der Waals surface area contributed by atoms with Crippen LogP contribution in [0.25, 0.3) is 11.1 Å². The second kappa shape index (κ2) is 7.71. The summed E-state index contributed by atoms with van der Waals surface area (Å²) in [6, 6.07) is 26.9. The van der Waals surface area contributed by atoms with Crippen LogP contribution in [0.2, 0.25) is 0 Å². The Labute approximate surface area is 149 Å². The van der Waals surface area contributed by atoms with Gasteiger partial charge in [0.05, 0.1) is 14.2 Å². The van der Waals surface area contributed by atoms with E-state index in [1.807, 2.05) is 30.3 Å². The molecule has 2 heteroatoms. The maximum absolute atomic E-state index is 5.30. The van der Waals surface area contributed by atoms with E-state index in [2.05, 4.69) is 55.5 Å². The van der Waals surface area contributed by atoms with Crippen molar-refractivity contribution < 1.29 is 9.47 Å². The molecule has 2 nitrogen and oxygen atoms in total. The lowest BCUT2D eigenvalue weighted by molar-refractivity contribution is 0.414. The lowest BCUT2D eigenvalue weighted by Crippen LogP contribution is -1.93. The second-order valence-corrected chi connectivity index (χ2v) is 5.82. The van der Waals surface area contributed by atoms with E-state index in [9.17, 15) is 0 Å². The zero-order chi connectivity index (χ0) is 17.6. The molecule has 0 unspecified atom stereocenters. The molecule has 0 spiro atoms. The molecule has 0 fully saturated rings. The largest absolute Gasteiger partial charge is 0.497 e. The van der Waals surface area contributed by atoms with Crippen LogP contribution in [-0.4, -0.2) is 14.2 Å². The van der Waals surface area contributed by atoms with E-state index in [0.717, 1.165) is 11.5 Å². The molecule has 0 aliphatic carbocycles. The Morgan fingerprint density at radius 2 is 1.00 bits per heavy atom. The average molecular weight is 330 g/mol. The Kier molecular flexibility index (Phi) is 5.20. The minimum absolute atomic E-state index is 0.860. The van der Waals surface area contributed by atoms with Crippen LogP contribution in [0.5, 0.6) is 11.5 Å². The van der Waals surface area contributed by atoms with Gasteiger partial charge in [0.1, 0.15) is 11.5 Å². The first-order valence-electron chi connectivity index (χ1n) is 8.28. The molecule has 0 bridgehead atoms. The number of hydrogen-bond acceptors (Lipinski definition) is 2. The van der Waals surface area contributed by atoms with Crippen LogP contribution in [0.3, 0.4) is 0 Å². The first-order chi connectivity index (χ1) is 12.2. The Morgan fingerprint density at radius 3 is 1.48 bits per heavy atom. The first-order valence-corrected chi connectivity index (χ1v) is 8.28. The third-order valence-corrected chi connectivity index (χ3v) is 4.34. The lowest BCUT2D eigenvalue weighted by atomic mass is 9.90. The number of allylic oxidation sites excluding steroid dienone is 1. The number of methoxy groups -OCH3 is 2. The van der Waals surface area contributed by atoms with Crippen molar-refractivity contribution in [2.75, 3.05) is 14.2 Å².